The van der Waals surface area contributed by atoms with Crippen molar-refractivity contribution >= 4 is 51.7 Å². The van der Waals surface area contributed by atoms with E-state index in [0.717, 1.165) is 9.13 Å². The van der Waals surface area contributed by atoms with Gasteiger partial charge in [-0.15, -0.1) is 0 Å². The number of benzene rings is 2. The molecule has 1 aliphatic heterocycles. The fourth-order valence-corrected chi connectivity index (χ4v) is 6.30. The Hall–Kier alpha value is -3.52. The molecule has 10 nitrogen and oxygen atoms in total. The molecule has 1 aliphatic rings. The molecule has 0 bridgehead atoms. The third kappa shape index (κ3) is 5.68. The number of esters is 1. The molecule has 0 unspecified atom stereocenters. The van der Waals surface area contributed by atoms with Crippen LogP contribution < -0.4 is 24.4 Å². The third-order valence-corrected chi connectivity index (χ3v) is 7.97. The average molecular weight is 678 g/mol. The second-order valence-electron chi connectivity index (χ2n) is 8.80. The minimum absolute atomic E-state index is 0.107. The van der Waals surface area contributed by atoms with Gasteiger partial charge in [-0.2, -0.15) is 0 Å². The van der Waals surface area contributed by atoms with Crippen molar-refractivity contribution in [1.29, 1.82) is 0 Å². The summed E-state index contributed by atoms with van der Waals surface area (Å²) in [7, 11) is 0. The highest BCUT2D eigenvalue weighted by Gasteiger charge is 2.34. The molecular weight excluding hydrogens is 649 g/mol. The summed E-state index contributed by atoms with van der Waals surface area (Å²) in [5.41, 5.74) is 1.66. The Balaban J connectivity index is 1.96. The van der Waals surface area contributed by atoms with Crippen molar-refractivity contribution in [1.82, 2.24) is 4.57 Å². The molecule has 0 saturated heterocycles. The summed E-state index contributed by atoms with van der Waals surface area (Å²) in [5, 5.41) is 11.7. The molecule has 0 spiro atoms. The van der Waals surface area contributed by atoms with Crippen LogP contribution in [0.2, 0.25) is 0 Å². The highest BCUT2D eigenvalue weighted by Crippen LogP contribution is 2.35. The highest BCUT2D eigenvalue weighted by molar-refractivity contribution is 14.1. The summed E-state index contributed by atoms with van der Waals surface area (Å²) in [6.45, 7) is 9.81. The van der Waals surface area contributed by atoms with E-state index < -0.39 is 16.9 Å². The molecule has 0 saturated carbocycles. The summed E-state index contributed by atoms with van der Waals surface area (Å²) in [6.07, 6.45) is 1.74. The molecule has 0 radical (unpaired) electrons. The summed E-state index contributed by atoms with van der Waals surface area (Å²) < 4.78 is 19.5. The zero-order valence-electron chi connectivity index (χ0n) is 22.6. The Bertz CT molecular complexity index is 1710. The van der Waals surface area contributed by atoms with E-state index in [-0.39, 0.29) is 23.4 Å². The Labute approximate surface area is 247 Å². The van der Waals surface area contributed by atoms with Crippen molar-refractivity contribution in [2.45, 2.75) is 40.7 Å². The van der Waals surface area contributed by atoms with Crippen molar-refractivity contribution < 1.29 is 23.9 Å². The number of thiazole rings is 1. The molecule has 0 fully saturated rings. The second-order valence-corrected chi connectivity index (χ2v) is 11.0. The number of aromatic nitrogens is 1. The molecule has 2 heterocycles. The van der Waals surface area contributed by atoms with Gasteiger partial charge in [-0.05, 0) is 86.5 Å². The first-order valence-corrected chi connectivity index (χ1v) is 14.5. The van der Waals surface area contributed by atoms with Gasteiger partial charge in [-0.3, -0.25) is 19.5 Å². The van der Waals surface area contributed by atoms with Gasteiger partial charge >= 0.3 is 5.97 Å². The molecule has 0 N–H and O–H groups in total. The number of hydrogen-bond acceptors (Lipinski definition) is 9. The average Bonchev–Trinajstić information content (AvgIpc) is 3.19. The van der Waals surface area contributed by atoms with E-state index in [1.165, 1.54) is 22.0 Å². The first kappa shape index (κ1) is 29.5. The fraction of sp³-hybridized carbons (Fsp3) is 0.321. The number of carbonyl (C=O) groups excluding carboxylic acids is 1. The van der Waals surface area contributed by atoms with Gasteiger partial charge in [0.2, 0.25) is 0 Å². The fourth-order valence-electron chi connectivity index (χ4n) is 4.47. The summed E-state index contributed by atoms with van der Waals surface area (Å²) in [6, 6.07) is 7.45. The number of nitro groups is 1. The lowest BCUT2D eigenvalue weighted by Crippen LogP contribution is -2.40. The number of hydrogen-bond donors (Lipinski definition) is 0. The van der Waals surface area contributed by atoms with Crippen LogP contribution in [-0.2, 0) is 9.53 Å². The molecule has 0 amide bonds. The van der Waals surface area contributed by atoms with E-state index >= 15 is 0 Å². The maximum absolute atomic E-state index is 13.9. The summed E-state index contributed by atoms with van der Waals surface area (Å²) in [5.74, 6) is 0.577. The molecule has 40 heavy (non-hydrogen) atoms. The van der Waals surface area contributed by atoms with Gasteiger partial charge < -0.3 is 14.2 Å². The topological polar surface area (TPSA) is 122 Å². The van der Waals surface area contributed by atoms with E-state index in [1.807, 2.05) is 26.0 Å². The molecule has 12 heteroatoms. The Morgan fingerprint density at radius 3 is 2.52 bits per heavy atom. The number of aryl methyl sites for hydroxylation is 1. The van der Waals surface area contributed by atoms with Crippen molar-refractivity contribution in [3.8, 4) is 11.5 Å². The highest BCUT2D eigenvalue weighted by atomic mass is 127. The number of rotatable bonds is 9. The van der Waals surface area contributed by atoms with Gasteiger partial charge in [0.15, 0.2) is 16.3 Å². The minimum Gasteiger partial charge on any atom is -0.490 e. The summed E-state index contributed by atoms with van der Waals surface area (Å²) >= 11 is 3.34. The van der Waals surface area contributed by atoms with Crippen LogP contribution in [-0.4, -0.2) is 35.3 Å². The predicted molar refractivity (Wildman–Crippen MR) is 160 cm³/mol. The zero-order chi connectivity index (χ0) is 29.1. The maximum atomic E-state index is 13.9. The molecule has 210 valence electrons. The van der Waals surface area contributed by atoms with Crippen molar-refractivity contribution in [2.75, 3.05) is 19.8 Å². The molecule has 1 aromatic heterocycles. The second kappa shape index (κ2) is 12.3. The van der Waals surface area contributed by atoms with Crippen LogP contribution in [0.1, 0.15) is 50.4 Å². The van der Waals surface area contributed by atoms with Crippen LogP contribution in [0.15, 0.2) is 51.4 Å². The number of nitro benzene ring substituents is 1. The summed E-state index contributed by atoms with van der Waals surface area (Å²) in [4.78, 5) is 43.2. The van der Waals surface area contributed by atoms with E-state index in [2.05, 4.69) is 27.6 Å². The Morgan fingerprint density at radius 1 is 1.15 bits per heavy atom. The van der Waals surface area contributed by atoms with E-state index in [9.17, 15) is 19.7 Å². The van der Waals surface area contributed by atoms with Crippen LogP contribution in [0, 0.1) is 20.6 Å². The lowest BCUT2D eigenvalue weighted by atomic mass is 9.94. The molecule has 4 rings (SSSR count). The van der Waals surface area contributed by atoms with Gasteiger partial charge in [-0.25, -0.2) is 9.79 Å². The quantitative estimate of drug-likeness (QED) is 0.142. The van der Waals surface area contributed by atoms with E-state index in [0.29, 0.717) is 50.9 Å². The Kier molecular flexibility index (Phi) is 9.08. The Morgan fingerprint density at radius 2 is 1.88 bits per heavy atom. The minimum atomic E-state index is -0.948. The number of carbonyl (C=O) groups is 1. The van der Waals surface area contributed by atoms with Crippen LogP contribution in [0.25, 0.3) is 6.08 Å². The van der Waals surface area contributed by atoms with E-state index in [4.69, 9.17) is 14.2 Å². The van der Waals surface area contributed by atoms with Crippen molar-refractivity contribution in [3.63, 3.8) is 0 Å². The molecule has 1 atom stereocenters. The normalized spacial score (nSPS) is 14.9. The van der Waals surface area contributed by atoms with Crippen LogP contribution in [0.5, 0.6) is 11.5 Å². The van der Waals surface area contributed by atoms with Crippen molar-refractivity contribution in [2.24, 2.45) is 4.99 Å². The zero-order valence-corrected chi connectivity index (χ0v) is 25.6. The largest absolute Gasteiger partial charge is 0.490 e. The van der Waals surface area contributed by atoms with Gasteiger partial charge in [-0.1, -0.05) is 23.5 Å². The lowest BCUT2D eigenvalue weighted by Gasteiger charge is -2.24. The van der Waals surface area contributed by atoms with Gasteiger partial charge in [0, 0.05) is 11.6 Å². The number of fused-ring (bicyclic) bond motifs is 1. The number of nitrogens with zero attached hydrogens (tertiary/aromatic N) is 3. The van der Waals surface area contributed by atoms with E-state index in [1.54, 1.807) is 39.0 Å². The molecule has 2 aromatic carbocycles. The van der Waals surface area contributed by atoms with Gasteiger partial charge in [0.05, 0.1) is 50.2 Å². The van der Waals surface area contributed by atoms with Gasteiger partial charge in [0.1, 0.15) is 0 Å². The smallest absolute Gasteiger partial charge is 0.338 e. The number of halogens is 1. The first-order chi connectivity index (χ1) is 19.1. The van der Waals surface area contributed by atoms with Crippen LogP contribution >= 0.6 is 33.9 Å². The predicted octanol–water partition coefficient (Wildman–Crippen LogP) is 4.42. The third-order valence-electron chi connectivity index (χ3n) is 6.18. The van der Waals surface area contributed by atoms with Crippen LogP contribution in [0.4, 0.5) is 5.69 Å². The molecule has 3 aromatic rings. The standard InChI is InChI=1S/C28H28IN3O7S/c1-6-37-21-12-17(11-19(29)25(21)38-7-2)13-22-26(33)31-24(18-10-9-15(4)20(14-18)32(35)36)23(27(34)39-8-3)16(5)30-28(31)40-22/h9-14,24H,6-8H2,1-5H3/b22-13+/t24-/m1/s1. The number of ether oxygens (including phenoxy) is 3. The SMILES string of the molecule is CCOC(=O)C1=C(C)N=c2s/c(=C/c3cc(I)c(OCC)c(OCC)c3)c(=O)n2[C@@H]1c1ccc(C)c([N+](=O)[O-])c1. The number of allylic oxidation sites excluding steroid dienone is 1. The molecule has 0 aliphatic carbocycles. The van der Waals surface area contributed by atoms with Crippen molar-refractivity contribution in [3.05, 3.63) is 91.7 Å². The van der Waals surface area contributed by atoms with Crippen LogP contribution in [0.3, 0.4) is 0 Å². The maximum Gasteiger partial charge on any atom is 0.338 e. The first-order valence-electron chi connectivity index (χ1n) is 12.6. The lowest BCUT2D eigenvalue weighted by molar-refractivity contribution is -0.385. The van der Waals surface area contributed by atoms with Gasteiger partial charge in [0.25, 0.3) is 11.2 Å². The monoisotopic (exact) mass is 677 g/mol. The molecular formula is C28H28IN3O7S.